The van der Waals surface area contributed by atoms with Crippen LogP contribution in [0.15, 0.2) is 41.3 Å². The highest BCUT2D eigenvalue weighted by Gasteiger charge is 2.42. The summed E-state index contributed by atoms with van der Waals surface area (Å²) in [6.45, 7) is 0. The van der Waals surface area contributed by atoms with Crippen LogP contribution in [0.2, 0.25) is 0 Å². The average Bonchev–Trinajstić information content (AvgIpc) is 2.65. The maximum absolute atomic E-state index is 14.3. The van der Waals surface area contributed by atoms with E-state index < -0.39 is 69.0 Å². The first kappa shape index (κ1) is 23.5. The first-order chi connectivity index (χ1) is 13.9. The van der Waals surface area contributed by atoms with Crippen molar-refractivity contribution in [3.05, 3.63) is 59.4 Å². The van der Waals surface area contributed by atoms with E-state index in [1.165, 1.54) is 0 Å². The molecule has 162 valence electrons. The quantitative estimate of drug-likeness (QED) is 0.450. The molecule has 0 aliphatic carbocycles. The molecule has 2 aromatic rings. The third-order valence-electron chi connectivity index (χ3n) is 3.84. The number of anilines is 1. The summed E-state index contributed by atoms with van der Waals surface area (Å²) in [5, 5.41) is -4.45. The van der Waals surface area contributed by atoms with E-state index in [2.05, 4.69) is 0 Å². The van der Waals surface area contributed by atoms with Crippen molar-refractivity contribution in [3.63, 3.8) is 0 Å². The normalized spacial score (nSPS) is 11.5. The van der Waals surface area contributed by atoms with Crippen molar-refractivity contribution in [2.24, 2.45) is 0 Å². The van der Waals surface area contributed by atoms with Crippen molar-refractivity contribution in [3.8, 4) is 0 Å². The topological polar surface area (TPSA) is 40.6 Å². The van der Waals surface area contributed by atoms with Crippen molar-refractivity contribution in [1.82, 2.24) is 4.90 Å². The highest BCUT2D eigenvalue weighted by molar-refractivity contribution is 8.00. The minimum Gasteiger partial charge on any atom is -0.294 e. The molecule has 0 aromatic heterocycles. The summed E-state index contributed by atoms with van der Waals surface area (Å²) in [5.41, 5.74) is -1.48. The van der Waals surface area contributed by atoms with Gasteiger partial charge in [-0.25, -0.2) is 26.7 Å². The van der Waals surface area contributed by atoms with Gasteiger partial charge in [0, 0.05) is 19.0 Å². The van der Waals surface area contributed by atoms with Crippen LogP contribution in [0.5, 0.6) is 0 Å². The maximum Gasteiger partial charge on any atom is 0.357 e. The number of urea groups is 1. The zero-order chi connectivity index (χ0) is 22.8. The molecular weight excluding hydrogens is 441 g/mol. The van der Waals surface area contributed by atoms with Crippen molar-refractivity contribution in [2.45, 2.75) is 16.6 Å². The summed E-state index contributed by atoms with van der Waals surface area (Å²) < 4.78 is 92.5. The fraction of sp³-hybridized carbons (Fsp3) is 0.222. The minimum atomic E-state index is -4.45. The van der Waals surface area contributed by atoms with Crippen LogP contribution >= 0.6 is 11.8 Å². The predicted molar refractivity (Wildman–Crippen MR) is 95.5 cm³/mol. The highest BCUT2D eigenvalue weighted by atomic mass is 32.2. The molecule has 0 unspecified atom stereocenters. The molecule has 0 aliphatic rings. The number of halogens is 7. The Bertz CT molecular complexity index is 951. The van der Waals surface area contributed by atoms with Gasteiger partial charge in [0.25, 0.3) is 5.91 Å². The van der Waals surface area contributed by atoms with E-state index >= 15 is 0 Å². The molecule has 0 aliphatic heterocycles. The van der Waals surface area contributed by atoms with Crippen molar-refractivity contribution in [2.75, 3.05) is 19.0 Å². The number of alkyl halides is 4. The fourth-order valence-electron chi connectivity index (χ4n) is 2.31. The lowest BCUT2D eigenvalue weighted by molar-refractivity contribution is -0.0563. The number of thioether (sulfide) groups is 1. The molecule has 3 amide bonds. The van der Waals surface area contributed by atoms with E-state index in [1.807, 2.05) is 0 Å². The van der Waals surface area contributed by atoms with E-state index in [1.54, 1.807) is 0 Å². The molecule has 0 heterocycles. The van der Waals surface area contributed by atoms with Crippen LogP contribution in [0, 0.1) is 17.5 Å². The number of imide groups is 1. The minimum absolute atomic E-state index is 0.328. The van der Waals surface area contributed by atoms with Crippen LogP contribution in [0.3, 0.4) is 0 Å². The van der Waals surface area contributed by atoms with Gasteiger partial charge in [0.05, 0.1) is 5.69 Å². The Balaban J connectivity index is 2.24. The highest BCUT2D eigenvalue weighted by Crippen LogP contribution is 2.41. The van der Waals surface area contributed by atoms with Crippen molar-refractivity contribution < 1.29 is 40.3 Å². The summed E-state index contributed by atoms with van der Waals surface area (Å²) in [6, 6.07) is 3.69. The van der Waals surface area contributed by atoms with Gasteiger partial charge in [0.1, 0.15) is 23.0 Å². The third kappa shape index (κ3) is 4.86. The smallest absolute Gasteiger partial charge is 0.294 e. The number of hydrogen-bond donors (Lipinski definition) is 0. The van der Waals surface area contributed by atoms with Crippen LogP contribution in [0.4, 0.5) is 41.2 Å². The van der Waals surface area contributed by atoms with Gasteiger partial charge in [0.15, 0.2) is 0 Å². The lowest BCUT2D eigenvalue weighted by Crippen LogP contribution is -2.43. The van der Waals surface area contributed by atoms with Gasteiger partial charge in [-0.15, -0.1) is 0 Å². The first-order valence-corrected chi connectivity index (χ1v) is 8.82. The molecule has 0 fully saturated rings. The van der Waals surface area contributed by atoms with Gasteiger partial charge in [-0.3, -0.25) is 14.6 Å². The number of carbonyl (C=O) groups excluding carboxylic acids is 2. The van der Waals surface area contributed by atoms with Crippen LogP contribution in [0.1, 0.15) is 10.4 Å². The molecule has 0 atom stereocenters. The lowest BCUT2D eigenvalue weighted by atomic mass is 10.1. The second-order valence-electron chi connectivity index (χ2n) is 5.88. The Hall–Kier alpha value is -2.76. The van der Waals surface area contributed by atoms with E-state index in [0.29, 0.717) is 15.9 Å². The number of carbonyl (C=O) groups is 2. The SMILES string of the molecule is CN(C(=O)c1c(F)cccc1F)C(=O)N(C)c1ccc(SC(F)(F)C(F)F)cc1F. The van der Waals surface area contributed by atoms with E-state index in [4.69, 9.17) is 0 Å². The van der Waals surface area contributed by atoms with E-state index in [0.717, 1.165) is 44.4 Å². The monoisotopic (exact) mass is 454 g/mol. The predicted octanol–water partition coefficient (Wildman–Crippen LogP) is 5.38. The summed E-state index contributed by atoms with van der Waals surface area (Å²) in [5.74, 6) is -4.99. The van der Waals surface area contributed by atoms with Gasteiger partial charge in [0.2, 0.25) is 0 Å². The third-order valence-corrected chi connectivity index (χ3v) is 4.78. The molecule has 0 saturated carbocycles. The van der Waals surface area contributed by atoms with Gasteiger partial charge < -0.3 is 0 Å². The molecule has 2 aromatic carbocycles. The zero-order valence-corrected chi connectivity index (χ0v) is 16.1. The molecule has 0 bridgehead atoms. The number of amides is 3. The molecular formula is C18H13F7N2O2S. The first-order valence-electron chi connectivity index (χ1n) is 8.01. The van der Waals surface area contributed by atoms with Crippen LogP contribution in [-0.2, 0) is 0 Å². The Labute approximate surface area is 170 Å². The number of hydrogen-bond acceptors (Lipinski definition) is 3. The van der Waals surface area contributed by atoms with Crippen LogP contribution < -0.4 is 4.90 Å². The Morgan fingerprint density at radius 1 is 0.967 bits per heavy atom. The van der Waals surface area contributed by atoms with Gasteiger partial charge in [-0.1, -0.05) is 6.07 Å². The second-order valence-corrected chi connectivity index (χ2v) is 7.10. The summed E-state index contributed by atoms with van der Waals surface area (Å²) in [7, 11) is 1.92. The lowest BCUT2D eigenvalue weighted by Gasteiger charge is -2.24. The molecule has 0 saturated heterocycles. The van der Waals surface area contributed by atoms with Gasteiger partial charge >= 0.3 is 17.7 Å². The van der Waals surface area contributed by atoms with E-state index in [9.17, 15) is 40.3 Å². The standard InChI is InChI=1S/C18H13F7N2O2S/c1-26(13-7-6-9(8-12(13)21)30-18(24,25)16(22)23)17(29)27(2)15(28)14-10(19)4-3-5-11(14)20/h3-8,16H,1-2H3. The fourth-order valence-corrected chi connectivity index (χ4v) is 3.01. The number of nitrogens with zero attached hydrogens (tertiary/aromatic N) is 2. The summed E-state index contributed by atoms with van der Waals surface area (Å²) in [4.78, 5) is 25.1. The van der Waals surface area contributed by atoms with Gasteiger partial charge in [-0.05, 0) is 42.1 Å². The van der Waals surface area contributed by atoms with Crippen molar-refractivity contribution >= 4 is 29.4 Å². The zero-order valence-electron chi connectivity index (χ0n) is 15.3. The second kappa shape index (κ2) is 8.94. The molecule has 30 heavy (non-hydrogen) atoms. The average molecular weight is 454 g/mol. The maximum atomic E-state index is 14.3. The Morgan fingerprint density at radius 2 is 1.53 bits per heavy atom. The molecule has 4 nitrogen and oxygen atoms in total. The molecule has 2 rings (SSSR count). The van der Waals surface area contributed by atoms with Gasteiger partial charge in [-0.2, -0.15) is 8.78 Å². The molecule has 0 radical (unpaired) electrons. The Kier molecular flexibility index (Phi) is 7.01. The molecule has 12 heteroatoms. The largest absolute Gasteiger partial charge is 0.357 e. The Morgan fingerprint density at radius 3 is 2.03 bits per heavy atom. The molecule has 0 N–H and O–H groups in total. The molecule has 0 spiro atoms. The van der Waals surface area contributed by atoms with Crippen LogP contribution in [-0.4, -0.2) is 42.6 Å². The number of benzene rings is 2. The van der Waals surface area contributed by atoms with Crippen molar-refractivity contribution in [1.29, 1.82) is 0 Å². The van der Waals surface area contributed by atoms with E-state index in [-0.39, 0.29) is 0 Å². The van der Waals surface area contributed by atoms with Crippen LogP contribution in [0.25, 0.3) is 0 Å². The summed E-state index contributed by atoms with van der Waals surface area (Å²) >= 11 is -0.566. The summed E-state index contributed by atoms with van der Waals surface area (Å²) in [6.07, 6.45) is -3.98. The number of rotatable bonds is 5.